The Kier molecular flexibility index (Phi) is 7.21. The normalized spacial score (nSPS) is 16.5. The van der Waals surface area contributed by atoms with Gasteiger partial charge in [0.1, 0.15) is 17.3 Å². The summed E-state index contributed by atoms with van der Waals surface area (Å²) in [5.41, 5.74) is 1.65. The van der Waals surface area contributed by atoms with Crippen molar-refractivity contribution in [3.8, 4) is 0 Å². The van der Waals surface area contributed by atoms with E-state index in [9.17, 15) is 13.6 Å². The fourth-order valence-electron chi connectivity index (χ4n) is 3.48. The highest BCUT2D eigenvalue weighted by Crippen LogP contribution is 2.26. The van der Waals surface area contributed by atoms with E-state index in [4.69, 9.17) is 0 Å². The van der Waals surface area contributed by atoms with Crippen LogP contribution >= 0.6 is 0 Å². The molecular formula is C22H27F2N5O. The van der Waals surface area contributed by atoms with E-state index in [2.05, 4.69) is 20.9 Å². The van der Waals surface area contributed by atoms with E-state index in [1.807, 2.05) is 19.1 Å². The molecular weight excluding hydrogens is 388 g/mol. The second-order valence-corrected chi connectivity index (χ2v) is 7.13. The smallest absolute Gasteiger partial charge is 0.251 e. The zero-order valence-electron chi connectivity index (χ0n) is 17.2. The summed E-state index contributed by atoms with van der Waals surface area (Å²) in [7, 11) is 1.68. The Morgan fingerprint density at radius 1 is 1.13 bits per heavy atom. The van der Waals surface area contributed by atoms with Crippen LogP contribution in [0, 0.1) is 11.6 Å². The molecule has 1 aliphatic rings. The van der Waals surface area contributed by atoms with Crippen molar-refractivity contribution in [2.24, 2.45) is 4.99 Å². The van der Waals surface area contributed by atoms with Gasteiger partial charge in [0.05, 0.1) is 0 Å². The summed E-state index contributed by atoms with van der Waals surface area (Å²) in [5, 5.41) is 9.31. The first-order valence-corrected chi connectivity index (χ1v) is 10.0. The van der Waals surface area contributed by atoms with Crippen molar-refractivity contribution in [1.29, 1.82) is 0 Å². The van der Waals surface area contributed by atoms with Crippen molar-refractivity contribution in [2.75, 3.05) is 31.6 Å². The topological polar surface area (TPSA) is 68.8 Å². The van der Waals surface area contributed by atoms with Crippen LogP contribution in [0.25, 0.3) is 0 Å². The van der Waals surface area contributed by atoms with Crippen LogP contribution in [0.3, 0.4) is 0 Å². The summed E-state index contributed by atoms with van der Waals surface area (Å²) in [6.07, 6.45) is 0.746. The number of carbonyl (C=O) groups excluding carboxylic acids is 1. The number of hydrogen-bond donors (Lipinski definition) is 3. The molecule has 2 aromatic rings. The Balaban J connectivity index is 1.52. The van der Waals surface area contributed by atoms with Crippen LogP contribution < -0.4 is 20.9 Å². The standard InChI is InChI=1S/C22H27F2N5O/c1-3-26-21(30)16-9-7-15(8-10-16)13-27-22(25-2)28-17-11-12-29(14-17)20-18(23)5-4-6-19(20)24/h4-10,17H,3,11-14H2,1-2H3,(H,26,30)(H2,25,27,28). The minimum absolute atomic E-state index is 0.0234. The molecule has 3 rings (SSSR count). The molecule has 1 amide bonds. The largest absolute Gasteiger partial charge is 0.365 e. The number of halogens is 2. The number of rotatable bonds is 6. The number of nitrogens with zero attached hydrogens (tertiary/aromatic N) is 2. The average molecular weight is 415 g/mol. The lowest BCUT2D eigenvalue weighted by Crippen LogP contribution is -2.44. The molecule has 1 aliphatic heterocycles. The highest BCUT2D eigenvalue weighted by molar-refractivity contribution is 5.94. The van der Waals surface area contributed by atoms with E-state index in [1.165, 1.54) is 18.2 Å². The molecule has 3 N–H and O–H groups in total. The fourth-order valence-corrected chi connectivity index (χ4v) is 3.48. The van der Waals surface area contributed by atoms with E-state index >= 15 is 0 Å². The van der Waals surface area contributed by atoms with Gasteiger partial charge in [-0.3, -0.25) is 9.79 Å². The van der Waals surface area contributed by atoms with Crippen LogP contribution in [0.15, 0.2) is 47.5 Å². The summed E-state index contributed by atoms with van der Waals surface area (Å²) in [4.78, 5) is 17.8. The number of guanidine groups is 1. The molecule has 0 bridgehead atoms. The predicted molar refractivity (Wildman–Crippen MR) is 115 cm³/mol. The van der Waals surface area contributed by atoms with Gasteiger partial charge in [-0.15, -0.1) is 0 Å². The van der Waals surface area contributed by atoms with E-state index in [0.29, 0.717) is 37.7 Å². The summed E-state index contributed by atoms with van der Waals surface area (Å²) < 4.78 is 28.0. The van der Waals surface area contributed by atoms with Crippen molar-refractivity contribution < 1.29 is 13.6 Å². The summed E-state index contributed by atoms with van der Waals surface area (Å²) >= 11 is 0. The maximum Gasteiger partial charge on any atom is 0.251 e. The number of benzene rings is 2. The Morgan fingerprint density at radius 2 is 1.83 bits per heavy atom. The minimum Gasteiger partial charge on any atom is -0.365 e. The number of carbonyl (C=O) groups is 1. The van der Waals surface area contributed by atoms with Crippen LogP contribution in [0.5, 0.6) is 0 Å². The summed E-state index contributed by atoms with van der Waals surface area (Å²) in [6, 6.07) is 11.3. The highest BCUT2D eigenvalue weighted by atomic mass is 19.1. The zero-order chi connectivity index (χ0) is 21.5. The van der Waals surface area contributed by atoms with E-state index in [1.54, 1.807) is 24.1 Å². The third kappa shape index (κ3) is 5.25. The Morgan fingerprint density at radius 3 is 2.47 bits per heavy atom. The number of nitrogens with one attached hydrogen (secondary N) is 3. The van der Waals surface area contributed by atoms with Crippen LogP contribution in [0.2, 0.25) is 0 Å². The molecule has 0 radical (unpaired) electrons. The molecule has 160 valence electrons. The van der Waals surface area contributed by atoms with Gasteiger partial charge in [0.25, 0.3) is 5.91 Å². The zero-order valence-corrected chi connectivity index (χ0v) is 17.2. The molecule has 0 saturated carbocycles. The molecule has 6 nitrogen and oxygen atoms in total. The third-order valence-corrected chi connectivity index (χ3v) is 5.02. The minimum atomic E-state index is -0.547. The molecule has 1 atom stereocenters. The molecule has 1 heterocycles. The van der Waals surface area contributed by atoms with Gasteiger partial charge in [-0.1, -0.05) is 18.2 Å². The lowest BCUT2D eigenvalue weighted by Gasteiger charge is -2.21. The maximum atomic E-state index is 14.0. The highest BCUT2D eigenvalue weighted by Gasteiger charge is 2.27. The van der Waals surface area contributed by atoms with E-state index in [-0.39, 0.29) is 17.6 Å². The number of aliphatic imine (C=N–C) groups is 1. The summed E-state index contributed by atoms with van der Waals surface area (Å²) in [6.45, 7) is 4.05. The number of para-hydroxylation sites is 1. The van der Waals surface area contributed by atoms with Crippen molar-refractivity contribution in [2.45, 2.75) is 25.9 Å². The molecule has 0 aliphatic carbocycles. The summed E-state index contributed by atoms with van der Waals surface area (Å²) in [5.74, 6) is -0.571. The Hall–Kier alpha value is -3.16. The molecule has 1 saturated heterocycles. The van der Waals surface area contributed by atoms with Gasteiger partial charge in [-0.2, -0.15) is 0 Å². The molecule has 1 fully saturated rings. The fraction of sp³-hybridized carbons (Fsp3) is 0.364. The average Bonchev–Trinajstić information content (AvgIpc) is 3.19. The van der Waals surface area contributed by atoms with Crippen molar-refractivity contribution in [3.63, 3.8) is 0 Å². The van der Waals surface area contributed by atoms with Gasteiger partial charge in [0.15, 0.2) is 5.96 Å². The second kappa shape index (κ2) is 10.0. The number of hydrogen-bond acceptors (Lipinski definition) is 3. The lowest BCUT2D eigenvalue weighted by atomic mass is 10.1. The molecule has 0 spiro atoms. The molecule has 30 heavy (non-hydrogen) atoms. The van der Waals surface area contributed by atoms with Gasteiger partial charge in [0.2, 0.25) is 0 Å². The van der Waals surface area contributed by atoms with Gasteiger partial charge in [0, 0.05) is 44.8 Å². The quantitative estimate of drug-likeness (QED) is 0.501. The van der Waals surface area contributed by atoms with Gasteiger partial charge in [-0.05, 0) is 43.2 Å². The second-order valence-electron chi connectivity index (χ2n) is 7.13. The van der Waals surface area contributed by atoms with Crippen molar-refractivity contribution in [3.05, 3.63) is 65.2 Å². The van der Waals surface area contributed by atoms with Crippen LogP contribution in [0.1, 0.15) is 29.3 Å². The number of anilines is 1. The Labute approximate surface area is 175 Å². The SMILES string of the molecule is CCNC(=O)c1ccc(CNC(=NC)NC2CCN(c3c(F)cccc3F)C2)cc1. The Bertz CT molecular complexity index is 881. The van der Waals surface area contributed by atoms with Gasteiger partial charge < -0.3 is 20.9 Å². The first kappa shape index (κ1) is 21.5. The molecule has 2 aromatic carbocycles. The van der Waals surface area contributed by atoms with Crippen LogP contribution in [-0.4, -0.2) is 44.6 Å². The van der Waals surface area contributed by atoms with Crippen LogP contribution in [0.4, 0.5) is 14.5 Å². The van der Waals surface area contributed by atoms with Gasteiger partial charge >= 0.3 is 0 Å². The van der Waals surface area contributed by atoms with Crippen LogP contribution in [-0.2, 0) is 6.54 Å². The van der Waals surface area contributed by atoms with E-state index in [0.717, 1.165) is 12.0 Å². The van der Waals surface area contributed by atoms with Crippen molar-refractivity contribution >= 4 is 17.6 Å². The lowest BCUT2D eigenvalue weighted by molar-refractivity contribution is 0.0956. The first-order valence-electron chi connectivity index (χ1n) is 10.0. The van der Waals surface area contributed by atoms with Crippen molar-refractivity contribution in [1.82, 2.24) is 16.0 Å². The van der Waals surface area contributed by atoms with E-state index < -0.39 is 11.6 Å². The molecule has 1 unspecified atom stereocenters. The first-order chi connectivity index (χ1) is 14.5. The third-order valence-electron chi connectivity index (χ3n) is 5.02. The number of amides is 1. The van der Waals surface area contributed by atoms with Gasteiger partial charge in [-0.25, -0.2) is 8.78 Å². The molecule has 0 aromatic heterocycles. The maximum absolute atomic E-state index is 14.0. The predicted octanol–water partition coefficient (Wildman–Crippen LogP) is 2.66. The monoisotopic (exact) mass is 415 g/mol. The molecule has 8 heteroatoms.